The summed E-state index contributed by atoms with van der Waals surface area (Å²) in [5, 5.41) is 0. The highest BCUT2D eigenvalue weighted by molar-refractivity contribution is 5.97. The zero-order chi connectivity index (χ0) is 12.6. The highest BCUT2D eigenvalue weighted by Gasteiger charge is 2.11. The summed E-state index contributed by atoms with van der Waals surface area (Å²) in [6.45, 7) is 0.391. The predicted octanol–water partition coefficient (Wildman–Crippen LogP) is 0.734. The lowest BCUT2D eigenvalue weighted by Crippen LogP contribution is -2.21. The minimum absolute atomic E-state index is 0.0214. The van der Waals surface area contributed by atoms with E-state index in [4.69, 9.17) is 5.73 Å². The first-order valence-corrected chi connectivity index (χ1v) is 5.41. The van der Waals surface area contributed by atoms with E-state index in [1.54, 1.807) is 25.1 Å². The first kappa shape index (κ1) is 11.6. The molecule has 1 aromatic carbocycles. The summed E-state index contributed by atoms with van der Waals surface area (Å²) in [6.07, 6.45) is 0. The summed E-state index contributed by atoms with van der Waals surface area (Å²) in [7, 11) is 5.39. The van der Waals surface area contributed by atoms with E-state index in [1.165, 1.54) is 0 Å². The average Bonchev–Trinajstić information content (AvgIpc) is 2.64. The summed E-state index contributed by atoms with van der Waals surface area (Å²) in [5.41, 5.74) is 8.04. The van der Waals surface area contributed by atoms with E-state index >= 15 is 0 Å². The summed E-state index contributed by atoms with van der Waals surface area (Å²) in [6, 6.07) is 5.52. The molecule has 5 nitrogen and oxygen atoms in total. The second kappa shape index (κ2) is 4.18. The second-order valence-electron chi connectivity index (χ2n) is 4.19. The highest BCUT2D eigenvalue weighted by atomic mass is 16.2. The van der Waals surface area contributed by atoms with Crippen LogP contribution < -0.4 is 5.73 Å². The lowest BCUT2D eigenvalue weighted by molar-refractivity contribution is 0.0828. The number of aryl methyl sites for hydroxylation is 1. The standard InChI is InChI=1S/C12H16N4O/c1-15(2)12(17)8-4-5-10-9(6-8)14-11(7-13)16(10)3/h4-6H,7,13H2,1-3H3. The van der Waals surface area contributed by atoms with Crippen LogP contribution in [0.3, 0.4) is 0 Å². The monoisotopic (exact) mass is 232 g/mol. The number of rotatable bonds is 2. The van der Waals surface area contributed by atoms with Crippen molar-refractivity contribution in [2.45, 2.75) is 6.54 Å². The van der Waals surface area contributed by atoms with Crippen LogP contribution in [0, 0.1) is 0 Å². The number of hydrogen-bond acceptors (Lipinski definition) is 3. The predicted molar refractivity (Wildman–Crippen MR) is 66.6 cm³/mol. The van der Waals surface area contributed by atoms with Gasteiger partial charge < -0.3 is 15.2 Å². The number of amides is 1. The maximum atomic E-state index is 11.8. The molecule has 0 saturated carbocycles. The third kappa shape index (κ3) is 1.89. The Labute approximate surface area is 99.8 Å². The molecule has 1 amide bonds. The number of imidazole rings is 1. The molecule has 0 radical (unpaired) electrons. The number of nitrogens with two attached hydrogens (primary N) is 1. The van der Waals surface area contributed by atoms with Gasteiger partial charge >= 0.3 is 0 Å². The molecule has 0 aliphatic rings. The van der Waals surface area contributed by atoms with Crippen molar-refractivity contribution in [1.82, 2.24) is 14.5 Å². The molecule has 2 aromatic rings. The lowest BCUT2D eigenvalue weighted by atomic mass is 10.2. The van der Waals surface area contributed by atoms with Crippen LogP contribution in [0.25, 0.3) is 11.0 Å². The Balaban J connectivity index is 2.55. The lowest BCUT2D eigenvalue weighted by Gasteiger charge is -2.09. The van der Waals surface area contributed by atoms with Crippen LogP contribution in [0.2, 0.25) is 0 Å². The normalized spacial score (nSPS) is 10.8. The first-order chi connectivity index (χ1) is 8.04. The van der Waals surface area contributed by atoms with E-state index in [9.17, 15) is 4.79 Å². The molecule has 0 atom stereocenters. The van der Waals surface area contributed by atoms with E-state index in [0.29, 0.717) is 12.1 Å². The van der Waals surface area contributed by atoms with Crippen molar-refractivity contribution in [1.29, 1.82) is 0 Å². The van der Waals surface area contributed by atoms with Gasteiger partial charge in [-0.1, -0.05) is 0 Å². The number of benzene rings is 1. The Bertz CT molecular complexity index is 571. The summed E-state index contributed by atoms with van der Waals surface area (Å²) >= 11 is 0. The molecule has 0 aliphatic carbocycles. The van der Waals surface area contributed by atoms with Crippen LogP contribution in [-0.4, -0.2) is 34.5 Å². The Kier molecular flexibility index (Phi) is 2.85. The maximum Gasteiger partial charge on any atom is 0.253 e. The number of carbonyl (C=O) groups is 1. The van der Waals surface area contributed by atoms with Crippen molar-refractivity contribution < 1.29 is 4.79 Å². The van der Waals surface area contributed by atoms with Gasteiger partial charge in [0.05, 0.1) is 17.6 Å². The van der Waals surface area contributed by atoms with Gasteiger partial charge in [-0.2, -0.15) is 0 Å². The molecule has 1 aromatic heterocycles. The molecule has 5 heteroatoms. The van der Waals surface area contributed by atoms with E-state index in [2.05, 4.69) is 4.98 Å². The second-order valence-corrected chi connectivity index (χ2v) is 4.19. The third-order valence-corrected chi connectivity index (χ3v) is 2.81. The van der Waals surface area contributed by atoms with Gasteiger partial charge in [0.15, 0.2) is 0 Å². The summed E-state index contributed by atoms with van der Waals surface area (Å²) < 4.78 is 1.94. The van der Waals surface area contributed by atoms with Gasteiger partial charge in [0.1, 0.15) is 5.82 Å². The molecule has 0 fully saturated rings. The van der Waals surface area contributed by atoms with Gasteiger partial charge in [-0.05, 0) is 18.2 Å². The van der Waals surface area contributed by atoms with Crippen molar-refractivity contribution in [3.8, 4) is 0 Å². The van der Waals surface area contributed by atoms with Crippen LogP contribution >= 0.6 is 0 Å². The van der Waals surface area contributed by atoms with Gasteiger partial charge in [-0.3, -0.25) is 4.79 Å². The topological polar surface area (TPSA) is 64.2 Å². The number of nitrogens with zero attached hydrogens (tertiary/aromatic N) is 3. The van der Waals surface area contributed by atoms with Crippen molar-refractivity contribution >= 4 is 16.9 Å². The smallest absolute Gasteiger partial charge is 0.253 e. The molecule has 2 rings (SSSR count). The van der Waals surface area contributed by atoms with E-state index < -0.39 is 0 Å². The Hall–Kier alpha value is -1.88. The first-order valence-electron chi connectivity index (χ1n) is 5.41. The zero-order valence-electron chi connectivity index (χ0n) is 10.3. The number of carbonyl (C=O) groups excluding carboxylic acids is 1. The molecule has 0 aliphatic heterocycles. The molecule has 0 bridgehead atoms. The molecular weight excluding hydrogens is 216 g/mol. The zero-order valence-corrected chi connectivity index (χ0v) is 10.3. The molecular formula is C12H16N4O. The maximum absolute atomic E-state index is 11.8. The van der Waals surface area contributed by atoms with Crippen molar-refractivity contribution in [3.05, 3.63) is 29.6 Å². The Morgan fingerprint density at radius 3 is 2.76 bits per heavy atom. The molecule has 17 heavy (non-hydrogen) atoms. The molecule has 1 heterocycles. The SMILES string of the molecule is CN(C)C(=O)c1ccc2c(c1)nc(CN)n2C. The van der Waals surface area contributed by atoms with Crippen molar-refractivity contribution in [2.75, 3.05) is 14.1 Å². The molecule has 2 N–H and O–H groups in total. The fourth-order valence-electron chi connectivity index (χ4n) is 1.82. The van der Waals surface area contributed by atoms with Crippen molar-refractivity contribution in [2.24, 2.45) is 12.8 Å². The summed E-state index contributed by atoms with van der Waals surface area (Å²) in [5.74, 6) is 0.793. The van der Waals surface area contributed by atoms with E-state index in [-0.39, 0.29) is 5.91 Å². The molecule has 0 spiro atoms. The van der Waals surface area contributed by atoms with Gasteiger partial charge in [0.2, 0.25) is 0 Å². The number of aromatic nitrogens is 2. The highest BCUT2D eigenvalue weighted by Crippen LogP contribution is 2.17. The minimum Gasteiger partial charge on any atom is -0.345 e. The van der Waals surface area contributed by atoms with Gasteiger partial charge in [0.25, 0.3) is 5.91 Å². The fraction of sp³-hybridized carbons (Fsp3) is 0.333. The fourth-order valence-corrected chi connectivity index (χ4v) is 1.82. The van der Waals surface area contributed by atoms with Gasteiger partial charge in [0, 0.05) is 26.7 Å². The van der Waals surface area contributed by atoms with Gasteiger partial charge in [-0.15, -0.1) is 0 Å². The largest absolute Gasteiger partial charge is 0.345 e. The molecule has 0 unspecified atom stereocenters. The Morgan fingerprint density at radius 1 is 1.47 bits per heavy atom. The minimum atomic E-state index is -0.0214. The van der Waals surface area contributed by atoms with Crippen LogP contribution in [0.1, 0.15) is 16.2 Å². The van der Waals surface area contributed by atoms with Crippen LogP contribution in [0.5, 0.6) is 0 Å². The van der Waals surface area contributed by atoms with Gasteiger partial charge in [-0.25, -0.2) is 4.98 Å². The average molecular weight is 232 g/mol. The van der Waals surface area contributed by atoms with Crippen molar-refractivity contribution in [3.63, 3.8) is 0 Å². The summed E-state index contributed by atoms with van der Waals surface area (Å²) in [4.78, 5) is 17.8. The molecule has 90 valence electrons. The quantitative estimate of drug-likeness (QED) is 0.830. The Morgan fingerprint density at radius 2 is 2.18 bits per heavy atom. The van der Waals surface area contributed by atoms with E-state index in [0.717, 1.165) is 16.9 Å². The van der Waals surface area contributed by atoms with E-state index in [1.807, 2.05) is 23.7 Å². The van der Waals surface area contributed by atoms with Crippen LogP contribution in [-0.2, 0) is 13.6 Å². The number of fused-ring (bicyclic) bond motifs is 1. The third-order valence-electron chi connectivity index (χ3n) is 2.81. The van der Waals surface area contributed by atoms with Crippen LogP contribution in [0.4, 0.5) is 0 Å². The van der Waals surface area contributed by atoms with Crippen LogP contribution in [0.15, 0.2) is 18.2 Å². The number of hydrogen-bond donors (Lipinski definition) is 1. The molecule has 0 saturated heterocycles.